The number of anilines is 2. The molecule has 3 aromatic carbocycles. The van der Waals surface area contributed by atoms with Crippen LogP contribution in [0.4, 0.5) is 11.5 Å². The van der Waals surface area contributed by atoms with E-state index < -0.39 is 0 Å². The number of phenolic OH excluding ortho intramolecular Hbond substituents is 2. The molecular weight excluding hydrogens is 424 g/mol. The van der Waals surface area contributed by atoms with Gasteiger partial charge < -0.3 is 20.8 Å². The molecule has 0 radical (unpaired) electrons. The van der Waals surface area contributed by atoms with Crippen LogP contribution in [0.5, 0.6) is 11.5 Å². The van der Waals surface area contributed by atoms with E-state index in [1.165, 1.54) is 30.5 Å². The second kappa shape index (κ2) is 8.57. The van der Waals surface area contributed by atoms with Crippen molar-refractivity contribution in [2.75, 3.05) is 5.32 Å². The van der Waals surface area contributed by atoms with Gasteiger partial charge in [0.05, 0.1) is 10.7 Å². The van der Waals surface area contributed by atoms with Crippen molar-refractivity contribution in [2.24, 2.45) is 0 Å². The zero-order chi connectivity index (χ0) is 22.1. The average molecular weight is 447 g/mol. The highest BCUT2D eigenvalue weighted by molar-refractivity contribution is 6.33. The first-order valence-corrected chi connectivity index (χ1v) is 10.9. The highest BCUT2D eigenvalue weighted by Crippen LogP contribution is 2.39. The highest BCUT2D eigenvalue weighted by Gasteiger charge is 2.19. The lowest BCUT2D eigenvalue weighted by Gasteiger charge is -2.09. The molecule has 5 N–H and O–H groups in total. The number of rotatable bonds is 7. The molecule has 32 heavy (non-hydrogen) atoms. The van der Waals surface area contributed by atoms with Gasteiger partial charge in [0.25, 0.3) is 0 Å². The predicted octanol–water partition coefficient (Wildman–Crippen LogP) is 5.80. The zero-order valence-electron chi connectivity index (χ0n) is 17.3. The van der Waals surface area contributed by atoms with Crippen LogP contribution in [-0.4, -0.2) is 26.5 Å². The van der Waals surface area contributed by atoms with Gasteiger partial charge in [0, 0.05) is 36.0 Å². The Kier molecular flexibility index (Phi) is 5.47. The number of hydrogen-bond donors (Lipinski definition) is 5. The topological polar surface area (TPSA) is 93.2 Å². The minimum absolute atomic E-state index is 0.0647. The summed E-state index contributed by atoms with van der Waals surface area (Å²) in [6.45, 7) is 0.903. The standard InChI is InChI=1S/C25H23ClN4O2/c26-21-11-20(31)12-23(32)25(21)17-5-3-16(4-6-17)22-13-24(30-29-22)28-19-7-1-15(2-8-19)14-27-18-9-10-18/h1-8,11-13,18,27,31-32H,9-10,14H2,(H2,28,29,30). The van der Waals surface area contributed by atoms with E-state index in [0.717, 1.165) is 34.9 Å². The largest absolute Gasteiger partial charge is 0.508 e. The fourth-order valence-corrected chi connectivity index (χ4v) is 3.94. The van der Waals surface area contributed by atoms with E-state index in [9.17, 15) is 10.2 Å². The maximum absolute atomic E-state index is 10.2. The molecule has 1 saturated carbocycles. The number of nitrogens with zero attached hydrogens (tertiary/aromatic N) is 1. The van der Waals surface area contributed by atoms with Crippen LogP contribution < -0.4 is 10.6 Å². The van der Waals surface area contributed by atoms with E-state index >= 15 is 0 Å². The third-order valence-corrected chi connectivity index (χ3v) is 5.81. The molecule has 0 saturated heterocycles. The van der Waals surface area contributed by atoms with Crippen LogP contribution >= 0.6 is 11.6 Å². The number of aromatic amines is 1. The molecule has 1 aromatic heterocycles. The molecule has 0 aliphatic heterocycles. The van der Waals surface area contributed by atoms with Crippen LogP contribution in [0.25, 0.3) is 22.4 Å². The van der Waals surface area contributed by atoms with Crippen molar-refractivity contribution >= 4 is 23.1 Å². The van der Waals surface area contributed by atoms with Crippen LogP contribution in [0.2, 0.25) is 5.02 Å². The van der Waals surface area contributed by atoms with Crippen LogP contribution in [0.3, 0.4) is 0 Å². The lowest BCUT2D eigenvalue weighted by molar-refractivity contribution is 0.452. The third-order valence-electron chi connectivity index (χ3n) is 5.52. The quantitative estimate of drug-likeness (QED) is 0.247. The van der Waals surface area contributed by atoms with Crippen LogP contribution in [0.15, 0.2) is 66.7 Å². The minimum atomic E-state index is -0.0741. The average Bonchev–Trinajstić information content (AvgIpc) is 3.50. The Morgan fingerprint density at radius 1 is 0.938 bits per heavy atom. The summed E-state index contributed by atoms with van der Waals surface area (Å²) in [7, 11) is 0. The number of halogens is 1. The number of benzene rings is 3. The minimum Gasteiger partial charge on any atom is -0.508 e. The first kappa shape index (κ1) is 20.4. The molecule has 6 nitrogen and oxygen atoms in total. The van der Waals surface area contributed by atoms with Crippen molar-refractivity contribution in [1.82, 2.24) is 15.5 Å². The van der Waals surface area contributed by atoms with Gasteiger partial charge in [0.15, 0.2) is 5.82 Å². The maximum Gasteiger partial charge on any atom is 0.152 e. The number of H-pyrrole nitrogens is 1. The molecule has 1 aliphatic rings. The van der Waals surface area contributed by atoms with Gasteiger partial charge in [-0.3, -0.25) is 5.10 Å². The fraction of sp³-hybridized carbons (Fsp3) is 0.160. The number of aromatic nitrogens is 2. The summed E-state index contributed by atoms with van der Waals surface area (Å²) in [6, 6.07) is 21.3. The van der Waals surface area contributed by atoms with E-state index in [-0.39, 0.29) is 16.5 Å². The van der Waals surface area contributed by atoms with Crippen molar-refractivity contribution in [3.05, 3.63) is 77.3 Å². The Morgan fingerprint density at radius 2 is 1.66 bits per heavy atom. The van der Waals surface area contributed by atoms with E-state index in [0.29, 0.717) is 11.6 Å². The normalized spacial score (nSPS) is 13.3. The van der Waals surface area contributed by atoms with Crippen LogP contribution in [0.1, 0.15) is 18.4 Å². The number of aromatic hydroxyl groups is 2. The highest BCUT2D eigenvalue weighted by atomic mass is 35.5. The summed E-state index contributed by atoms with van der Waals surface area (Å²) < 4.78 is 0. The predicted molar refractivity (Wildman–Crippen MR) is 127 cm³/mol. The first-order chi connectivity index (χ1) is 15.5. The Balaban J connectivity index is 1.27. The van der Waals surface area contributed by atoms with Gasteiger partial charge in [-0.25, -0.2) is 0 Å². The van der Waals surface area contributed by atoms with E-state index in [1.807, 2.05) is 30.3 Å². The Morgan fingerprint density at radius 3 is 2.34 bits per heavy atom. The van der Waals surface area contributed by atoms with Gasteiger partial charge in [-0.2, -0.15) is 5.10 Å². The zero-order valence-corrected chi connectivity index (χ0v) is 18.0. The van der Waals surface area contributed by atoms with Crippen LogP contribution in [-0.2, 0) is 6.54 Å². The molecule has 0 bridgehead atoms. The summed E-state index contributed by atoms with van der Waals surface area (Å²) in [6.07, 6.45) is 2.58. The van der Waals surface area contributed by atoms with Crippen LogP contribution in [0, 0.1) is 0 Å². The molecule has 1 heterocycles. The van der Waals surface area contributed by atoms with Crippen molar-refractivity contribution < 1.29 is 10.2 Å². The molecule has 0 unspecified atom stereocenters. The smallest absolute Gasteiger partial charge is 0.152 e. The molecule has 1 fully saturated rings. The molecule has 7 heteroatoms. The van der Waals surface area contributed by atoms with Crippen molar-refractivity contribution in [2.45, 2.75) is 25.4 Å². The SMILES string of the molecule is Oc1cc(O)c(-c2ccc(-c3cc(Nc4ccc(CNC5CC5)cc4)n[nH]3)cc2)c(Cl)c1. The van der Waals surface area contributed by atoms with Gasteiger partial charge in [-0.05, 0) is 47.7 Å². The van der Waals surface area contributed by atoms with E-state index in [4.69, 9.17) is 11.6 Å². The number of phenols is 2. The first-order valence-electron chi connectivity index (χ1n) is 10.5. The lowest BCUT2D eigenvalue weighted by atomic mass is 10.0. The summed E-state index contributed by atoms with van der Waals surface area (Å²) in [5, 5.41) is 34.3. The van der Waals surface area contributed by atoms with Gasteiger partial charge in [0.2, 0.25) is 0 Å². The lowest BCUT2D eigenvalue weighted by Crippen LogP contribution is -2.15. The summed E-state index contributed by atoms with van der Waals surface area (Å²) in [5.74, 6) is 0.590. The maximum atomic E-state index is 10.2. The second-order valence-corrected chi connectivity index (χ2v) is 8.45. The van der Waals surface area contributed by atoms with Gasteiger partial charge in [0.1, 0.15) is 11.5 Å². The summed E-state index contributed by atoms with van der Waals surface area (Å²) >= 11 is 6.20. The molecule has 1 aliphatic carbocycles. The molecule has 162 valence electrons. The van der Waals surface area contributed by atoms with Crippen molar-refractivity contribution in [3.63, 3.8) is 0 Å². The van der Waals surface area contributed by atoms with Gasteiger partial charge in [-0.1, -0.05) is 48.0 Å². The summed E-state index contributed by atoms with van der Waals surface area (Å²) in [5.41, 5.74) is 5.30. The van der Waals surface area contributed by atoms with E-state index in [1.54, 1.807) is 0 Å². The molecular formula is C25H23ClN4O2. The number of hydrogen-bond acceptors (Lipinski definition) is 5. The molecule has 5 rings (SSSR count). The monoisotopic (exact) mass is 446 g/mol. The third kappa shape index (κ3) is 4.56. The van der Waals surface area contributed by atoms with Crippen molar-refractivity contribution in [1.29, 1.82) is 0 Å². The second-order valence-electron chi connectivity index (χ2n) is 8.04. The fourth-order valence-electron chi connectivity index (χ4n) is 3.62. The van der Waals surface area contributed by atoms with Gasteiger partial charge in [-0.15, -0.1) is 0 Å². The number of nitrogens with one attached hydrogen (secondary N) is 3. The Bertz CT molecular complexity index is 1210. The van der Waals surface area contributed by atoms with Crippen molar-refractivity contribution in [3.8, 4) is 33.9 Å². The Labute approximate surface area is 190 Å². The summed E-state index contributed by atoms with van der Waals surface area (Å²) in [4.78, 5) is 0. The molecule has 0 amide bonds. The molecule has 4 aromatic rings. The molecule has 0 spiro atoms. The molecule has 0 atom stereocenters. The Hall–Kier alpha value is -3.48. The van der Waals surface area contributed by atoms with Gasteiger partial charge >= 0.3 is 0 Å². The van der Waals surface area contributed by atoms with E-state index in [2.05, 4.69) is 45.1 Å².